The lowest BCUT2D eigenvalue weighted by Crippen LogP contribution is -2.50. The van der Waals surface area contributed by atoms with Crippen molar-refractivity contribution < 1.29 is 33.8 Å². The van der Waals surface area contributed by atoms with Gasteiger partial charge in [-0.05, 0) is 32.9 Å². The lowest BCUT2D eigenvalue weighted by molar-refractivity contribution is -0.166. The molecule has 1 aromatic rings. The maximum Gasteiger partial charge on any atom is 0.349 e. The van der Waals surface area contributed by atoms with E-state index in [4.69, 9.17) is 4.74 Å². The van der Waals surface area contributed by atoms with Gasteiger partial charge in [-0.3, -0.25) is 9.59 Å². The first-order chi connectivity index (χ1) is 11.3. The molecule has 0 spiro atoms. The quantitative estimate of drug-likeness (QED) is 0.528. The van der Waals surface area contributed by atoms with Crippen molar-refractivity contribution in [1.82, 2.24) is 5.32 Å². The van der Waals surface area contributed by atoms with Gasteiger partial charge in [-0.15, -0.1) is 0 Å². The molecule has 0 aliphatic heterocycles. The van der Waals surface area contributed by atoms with Crippen molar-refractivity contribution in [3.05, 3.63) is 35.4 Å². The van der Waals surface area contributed by atoms with E-state index in [-0.39, 0.29) is 18.1 Å². The molecular weight excluding hydrogens is 318 g/mol. The lowest BCUT2D eigenvalue weighted by Gasteiger charge is -2.22. The summed E-state index contributed by atoms with van der Waals surface area (Å²) in [4.78, 5) is 46.0. The zero-order valence-electron chi connectivity index (χ0n) is 13.5. The van der Waals surface area contributed by atoms with Gasteiger partial charge < -0.3 is 19.9 Å². The van der Waals surface area contributed by atoms with Gasteiger partial charge in [0, 0.05) is 6.04 Å². The zero-order chi connectivity index (χ0) is 18.3. The van der Waals surface area contributed by atoms with Crippen LogP contribution in [-0.4, -0.2) is 47.7 Å². The third-order valence-electron chi connectivity index (χ3n) is 2.93. The van der Waals surface area contributed by atoms with Crippen LogP contribution in [0.15, 0.2) is 24.3 Å². The molecule has 8 nitrogen and oxygen atoms in total. The van der Waals surface area contributed by atoms with Crippen LogP contribution in [0.1, 0.15) is 29.8 Å². The van der Waals surface area contributed by atoms with Crippen LogP contribution in [0.5, 0.6) is 0 Å². The molecule has 0 fully saturated rings. The Hall–Kier alpha value is -2.90. The summed E-state index contributed by atoms with van der Waals surface area (Å²) in [6, 6.07) is 5.90. The summed E-state index contributed by atoms with van der Waals surface area (Å²) in [6.45, 7) is 5.04. The first-order valence-corrected chi connectivity index (χ1v) is 7.16. The molecule has 24 heavy (non-hydrogen) atoms. The van der Waals surface area contributed by atoms with Gasteiger partial charge in [0.05, 0.1) is 5.56 Å². The minimum absolute atomic E-state index is 0.0692. The van der Waals surface area contributed by atoms with Crippen molar-refractivity contribution in [2.45, 2.75) is 39.0 Å². The van der Waals surface area contributed by atoms with E-state index in [0.717, 1.165) is 5.56 Å². The highest BCUT2D eigenvalue weighted by molar-refractivity contribution is 5.94. The summed E-state index contributed by atoms with van der Waals surface area (Å²) in [6.07, 6.45) is -3.76. The summed E-state index contributed by atoms with van der Waals surface area (Å²) in [5, 5.41) is 11.6. The molecule has 0 saturated heterocycles. The largest absolute Gasteiger partial charge is 0.478 e. The Bertz CT molecular complexity index is 609. The average Bonchev–Trinajstić information content (AvgIpc) is 2.50. The first-order valence-electron chi connectivity index (χ1n) is 7.16. The second-order valence-electron chi connectivity index (χ2n) is 5.35. The van der Waals surface area contributed by atoms with E-state index in [9.17, 15) is 24.3 Å². The highest BCUT2D eigenvalue weighted by atomic mass is 16.6. The number of aliphatic carboxylic acids is 1. The molecule has 0 radical (unpaired) electrons. The molecule has 2 atom stereocenters. The molecule has 1 amide bonds. The number of hydrogen-bond acceptors (Lipinski definition) is 6. The van der Waals surface area contributed by atoms with Crippen molar-refractivity contribution >= 4 is 24.3 Å². The molecule has 0 aliphatic carbocycles. The summed E-state index contributed by atoms with van der Waals surface area (Å²) >= 11 is 0. The van der Waals surface area contributed by atoms with Crippen molar-refractivity contribution in [3.8, 4) is 0 Å². The van der Waals surface area contributed by atoms with Crippen molar-refractivity contribution in [3.63, 3.8) is 0 Å². The molecule has 0 saturated carbocycles. The zero-order valence-corrected chi connectivity index (χ0v) is 13.5. The molecule has 2 N–H and O–H groups in total. The number of benzene rings is 1. The number of carbonyl (C=O) groups is 4. The molecule has 8 heteroatoms. The fraction of sp³-hybridized carbons (Fsp3) is 0.375. The number of nitrogens with one attached hydrogen (secondary N) is 1. The summed E-state index contributed by atoms with van der Waals surface area (Å²) < 4.78 is 9.41. The van der Waals surface area contributed by atoms with Gasteiger partial charge in [-0.1, -0.05) is 17.7 Å². The number of carbonyl (C=O) groups excluding carboxylic acids is 3. The predicted molar refractivity (Wildman–Crippen MR) is 82.2 cm³/mol. The summed E-state index contributed by atoms with van der Waals surface area (Å²) in [7, 11) is 0. The van der Waals surface area contributed by atoms with Gasteiger partial charge in [0.1, 0.15) is 0 Å². The molecule has 0 heterocycles. The predicted octanol–water partition coefficient (Wildman–Crippen LogP) is 0.671. The van der Waals surface area contributed by atoms with Gasteiger partial charge >= 0.3 is 11.9 Å². The van der Waals surface area contributed by atoms with Gasteiger partial charge in [0.15, 0.2) is 0 Å². The molecule has 0 aliphatic rings. The average molecular weight is 337 g/mol. The maximum atomic E-state index is 12.1. The third-order valence-corrected chi connectivity index (χ3v) is 2.93. The lowest BCUT2D eigenvalue weighted by atomic mass is 10.1. The Morgan fingerprint density at radius 1 is 1.12 bits per heavy atom. The van der Waals surface area contributed by atoms with E-state index in [2.05, 4.69) is 10.1 Å². The fourth-order valence-electron chi connectivity index (χ4n) is 1.81. The summed E-state index contributed by atoms with van der Waals surface area (Å²) in [5.74, 6) is -3.43. The van der Waals surface area contributed by atoms with Gasteiger partial charge in [0.2, 0.25) is 12.2 Å². The van der Waals surface area contributed by atoms with Crippen LogP contribution in [0.2, 0.25) is 0 Å². The van der Waals surface area contributed by atoms with Crippen LogP contribution in [-0.2, 0) is 23.9 Å². The minimum Gasteiger partial charge on any atom is -0.478 e. The van der Waals surface area contributed by atoms with Crippen molar-refractivity contribution in [2.75, 3.05) is 0 Å². The molecule has 1 rings (SSSR count). The van der Waals surface area contributed by atoms with E-state index in [0.29, 0.717) is 0 Å². The Labute approximate surface area is 138 Å². The fourth-order valence-corrected chi connectivity index (χ4v) is 1.81. The topological polar surface area (TPSA) is 119 Å². The highest BCUT2D eigenvalue weighted by Crippen LogP contribution is 2.11. The number of rotatable bonds is 8. The van der Waals surface area contributed by atoms with Crippen LogP contribution >= 0.6 is 0 Å². The third kappa shape index (κ3) is 5.38. The monoisotopic (exact) mass is 337 g/mol. The van der Waals surface area contributed by atoms with Crippen LogP contribution in [0.4, 0.5) is 0 Å². The normalized spacial score (nSPS) is 12.8. The van der Waals surface area contributed by atoms with Crippen LogP contribution in [0.25, 0.3) is 0 Å². The minimum atomic E-state index is -1.97. The van der Waals surface area contributed by atoms with E-state index < -0.39 is 30.1 Å². The number of aryl methyl sites for hydroxylation is 1. The smallest absolute Gasteiger partial charge is 0.349 e. The van der Waals surface area contributed by atoms with Crippen LogP contribution in [0, 0.1) is 6.92 Å². The van der Waals surface area contributed by atoms with E-state index in [1.165, 1.54) is 12.1 Å². The molecule has 130 valence electrons. The molecule has 1 aromatic carbocycles. The second-order valence-corrected chi connectivity index (χ2v) is 5.35. The number of amides is 1. The SMILES string of the molecule is Cc1ccc(C(=O)OC(C(=O)O)C(OC=O)C(=O)NC(C)C)cc1. The Morgan fingerprint density at radius 3 is 2.17 bits per heavy atom. The molecule has 0 bridgehead atoms. The van der Waals surface area contributed by atoms with Gasteiger partial charge in [-0.2, -0.15) is 0 Å². The standard InChI is InChI=1S/C16H19NO7/c1-9(2)17-14(19)12(23-8-18)13(15(20)21)24-16(22)11-6-4-10(3)5-7-11/h4-9,12-13H,1-3H3,(H,17,19)(H,20,21). The van der Waals surface area contributed by atoms with Gasteiger partial charge in [-0.25, -0.2) is 9.59 Å². The highest BCUT2D eigenvalue weighted by Gasteiger charge is 2.39. The van der Waals surface area contributed by atoms with Crippen LogP contribution in [0.3, 0.4) is 0 Å². The maximum absolute atomic E-state index is 12.1. The van der Waals surface area contributed by atoms with Crippen LogP contribution < -0.4 is 5.32 Å². The number of esters is 1. The first kappa shape index (κ1) is 19.1. The van der Waals surface area contributed by atoms with E-state index in [1.807, 2.05) is 6.92 Å². The Balaban J connectivity index is 2.99. The number of ether oxygens (including phenoxy) is 2. The molecule has 2 unspecified atom stereocenters. The number of hydrogen-bond donors (Lipinski definition) is 2. The van der Waals surface area contributed by atoms with E-state index in [1.54, 1.807) is 26.0 Å². The second kappa shape index (κ2) is 8.66. The molecular formula is C16H19NO7. The molecule has 0 aromatic heterocycles. The number of carboxylic acid groups (broad SMARTS) is 1. The van der Waals surface area contributed by atoms with Crippen molar-refractivity contribution in [1.29, 1.82) is 0 Å². The Morgan fingerprint density at radius 2 is 1.71 bits per heavy atom. The number of carboxylic acids is 1. The summed E-state index contributed by atoms with van der Waals surface area (Å²) in [5.41, 5.74) is 1.01. The van der Waals surface area contributed by atoms with Gasteiger partial charge in [0.25, 0.3) is 12.4 Å². The Kier molecular flexibility index (Phi) is 6.91. The van der Waals surface area contributed by atoms with Crippen molar-refractivity contribution in [2.24, 2.45) is 0 Å². The van der Waals surface area contributed by atoms with E-state index >= 15 is 0 Å².